The lowest BCUT2D eigenvalue weighted by Crippen LogP contribution is -2.36. The Balaban J connectivity index is 2.25. The van der Waals surface area contributed by atoms with Crippen LogP contribution in [-0.4, -0.2) is 23.7 Å². The third-order valence-electron chi connectivity index (χ3n) is 2.77. The predicted octanol–water partition coefficient (Wildman–Crippen LogP) is 1.93. The maximum absolute atomic E-state index is 12.0. The van der Waals surface area contributed by atoms with E-state index in [1.54, 1.807) is 0 Å². The zero-order valence-corrected chi connectivity index (χ0v) is 9.64. The van der Waals surface area contributed by atoms with Gasteiger partial charge >= 0.3 is 0 Å². The average Bonchev–Trinajstić information content (AvgIpc) is 2.79. The van der Waals surface area contributed by atoms with Gasteiger partial charge in [0.1, 0.15) is 11.8 Å². The monoisotopic (exact) mass is 233 g/mol. The lowest BCUT2D eigenvalue weighted by molar-refractivity contribution is 0.0916. The number of hydrogen-bond acceptors (Lipinski definition) is 3. The summed E-state index contributed by atoms with van der Waals surface area (Å²) in [5.41, 5.74) is 1.20. The van der Waals surface area contributed by atoms with Gasteiger partial charge in [-0.25, -0.2) is 0 Å². The Morgan fingerprint density at radius 3 is 2.94 bits per heavy atom. The second-order valence-corrected chi connectivity index (χ2v) is 3.91. The zero-order chi connectivity index (χ0) is 12.3. The van der Waals surface area contributed by atoms with E-state index in [0.717, 1.165) is 5.39 Å². The number of benzene rings is 1. The van der Waals surface area contributed by atoms with Crippen LogP contribution in [0.5, 0.6) is 0 Å². The summed E-state index contributed by atoms with van der Waals surface area (Å²) in [4.78, 5) is 12.0. The fraction of sp³-hybridized carbons (Fsp3) is 0.308. The Morgan fingerprint density at radius 1 is 1.47 bits per heavy atom. The molecule has 0 aliphatic rings. The molecule has 1 heterocycles. The Hall–Kier alpha value is -1.81. The summed E-state index contributed by atoms with van der Waals surface area (Å²) in [5, 5.41) is 12.6. The van der Waals surface area contributed by atoms with Gasteiger partial charge in [0.05, 0.1) is 18.2 Å². The third-order valence-corrected chi connectivity index (χ3v) is 2.77. The molecule has 1 amide bonds. The number of hydrogen-bond donors (Lipinski definition) is 2. The molecule has 17 heavy (non-hydrogen) atoms. The molecular weight excluding hydrogens is 218 g/mol. The van der Waals surface area contributed by atoms with Gasteiger partial charge in [-0.3, -0.25) is 4.79 Å². The van der Waals surface area contributed by atoms with Crippen LogP contribution in [0.15, 0.2) is 34.9 Å². The molecule has 0 unspecified atom stereocenters. The highest BCUT2D eigenvalue weighted by Gasteiger charge is 2.15. The smallest absolute Gasteiger partial charge is 0.255 e. The molecule has 2 rings (SSSR count). The number of furan rings is 1. The summed E-state index contributed by atoms with van der Waals surface area (Å²) in [6, 6.07) is 7.16. The summed E-state index contributed by atoms with van der Waals surface area (Å²) < 4.78 is 5.30. The molecule has 0 fully saturated rings. The molecule has 0 aliphatic heterocycles. The topological polar surface area (TPSA) is 62.5 Å². The minimum absolute atomic E-state index is 0.0575. The first kappa shape index (κ1) is 11.7. The number of fused-ring (bicyclic) bond motifs is 1. The van der Waals surface area contributed by atoms with Crippen molar-refractivity contribution in [3.05, 3.63) is 36.1 Å². The molecule has 90 valence electrons. The third kappa shape index (κ3) is 2.31. The fourth-order valence-corrected chi connectivity index (χ4v) is 1.69. The average molecular weight is 233 g/mol. The highest BCUT2D eigenvalue weighted by Crippen LogP contribution is 2.20. The lowest BCUT2D eigenvalue weighted by atomic mass is 10.1. The summed E-state index contributed by atoms with van der Waals surface area (Å²) in [5.74, 6) is -0.212. The molecule has 0 radical (unpaired) electrons. The predicted molar refractivity (Wildman–Crippen MR) is 64.8 cm³/mol. The van der Waals surface area contributed by atoms with E-state index in [0.29, 0.717) is 17.6 Å². The van der Waals surface area contributed by atoms with E-state index in [-0.39, 0.29) is 18.6 Å². The van der Waals surface area contributed by atoms with Crippen LogP contribution < -0.4 is 5.32 Å². The van der Waals surface area contributed by atoms with E-state index in [1.807, 2.05) is 31.2 Å². The second kappa shape index (κ2) is 5.01. The molecule has 0 aliphatic carbocycles. The van der Waals surface area contributed by atoms with Crippen molar-refractivity contribution < 1.29 is 14.3 Å². The van der Waals surface area contributed by atoms with E-state index in [1.165, 1.54) is 6.26 Å². The Bertz CT molecular complexity index is 514. The van der Waals surface area contributed by atoms with Crippen molar-refractivity contribution in [1.29, 1.82) is 0 Å². The van der Waals surface area contributed by atoms with Crippen LogP contribution in [0.4, 0.5) is 0 Å². The summed E-state index contributed by atoms with van der Waals surface area (Å²) in [6.07, 6.45) is 2.14. The first-order valence-electron chi connectivity index (χ1n) is 5.64. The molecule has 0 saturated carbocycles. The largest absolute Gasteiger partial charge is 0.463 e. The number of carbonyl (C=O) groups excluding carboxylic acids is 1. The van der Waals surface area contributed by atoms with Crippen LogP contribution >= 0.6 is 0 Å². The quantitative estimate of drug-likeness (QED) is 0.848. The van der Waals surface area contributed by atoms with Crippen LogP contribution in [-0.2, 0) is 0 Å². The minimum Gasteiger partial charge on any atom is -0.463 e. The van der Waals surface area contributed by atoms with Gasteiger partial charge in [0.2, 0.25) is 0 Å². The highest BCUT2D eigenvalue weighted by atomic mass is 16.3. The number of nitrogens with one attached hydrogen (secondary N) is 1. The minimum atomic E-state index is -0.212. The molecule has 2 N–H and O–H groups in total. The van der Waals surface area contributed by atoms with Crippen molar-refractivity contribution in [3.8, 4) is 0 Å². The fourth-order valence-electron chi connectivity index (χ4n) is 1.69. The van der Waals surface area contributed by atoms with E-state index in [2.05, 4.69) is 5.32 Å². The summed E-state index contributed by atoms with van der Waals surface area (Å²) in [7, 11) is 0. The Kier molecular flexibility index (Phi) is 3.44. The van der Waals surface area contributed by atoms with E-state index >= 15 is 0 Å². The summed E-state index contributed by atoms with van der Waals surface area (Å²) in [6.45, 7) is 1.85. The van der Waals surface area contributed by atoms with Gasteiger partial charge in [0.25, 0.3) is 5.91 Å². The molecule has 1 aromatic heterocycles. The van der Waals surface area contributed by atoms with Gasteiger partial charge in [-0.15, -0.1) is 0 Å². The van der Waals surface area contributed by atoms with Crippen LogP contribution in [0, 0.1) is 0 Å². The van der Waals surface area contributed by atoms with Crippen molar-refractivity contribution in [3.63, 3.8) is 0 Å². The van der Waals surface area contributed by atoms with Crippen LogP contribution in [0.3, 0.4) is 0 Å². The second-order valence-electron chi connectivity index (χ2n) is 3.91. The van der Waals surface area contributed by atoms with Gasteiger partial charge in [-0.1, -0.05) is 25.1 Å². The molecule has 4 nitrogen and oxygen atoms in total. The maximum atomic E-state index is 12.0. The Labute approximate surface area is 99.2 Å². The first-order chi connectivity index (χ1) is 8.26. The van der Waals surface area contributed by atoms with Crippen LogP contribution in [0.1, 0.15) is 23.7 Å². The molecule has 2 aromatic rings. The molecule has 1 atom stereocenters. The van der Waals surface area contributed by atoms with E-state index in [9.17, 15) is 4.79 Å². The van der Waals surface area contributed by atoms with E-state index in [4.69, 9.17) is 9.52 Å². The van der Waals surface area contributed by atoms with Gasteiger partial charge in [-0.2, -0.15) is 0 Å². The van der Waals surface area contributed by atoms with Crippen molar-refractivity contribution in [2.75, 3.05) is 6.61 Å². The summed E-state index contributed by atoms with van der Waals surface area (Å²) >= 11 is 0. The molecular formula is C13H15NO3. The first-order valence-corrected chi connectivity index (χ1v) is 5.64. The molecule has 0 saturated heterocycles. The normalized spacial score (nSPS) is 12.6. The van der Waals surface area contributed by atoms with Gasteiger partial charge in [-0.05, 0) is 12.5 Å². The molecule has 1 aromatic carbocycles. The van der Waals surface area contributed by atoms with Crippen molar-refractivity contribution in [2.24, 2.45) is 0 Å². The SMILES string of the molecule is CC[C@@H](CO)NC(=O)c1coc2ccccc12. The number of amides is 1. The lowest BCUT2D eigenvalue weighted by Gasteiger charge is -2.12. The number of carbonyl (C=O) groups is 1. The van der Waals surface area contributed by atoms with Gasteiger partial charge in [0.15, 0.2) is 0 Å². The number of aliphatic hydroxyl groups excluding tert-OH is 1. The molecule has 4 heteroatoms. The number of rotatable bonds is 4. The standard InChI is InChI=1S/C13H15NO3/c1-2-9(7-15)14-13(16)11-8-17-12-6-4-3-5-10(11)12/h3-6,8-9,15H,2,7H2,1H3,(H,14,16)/t9-/m0/s1. The maximum Gasteiger partial charge on any atom is 0.255 e. The molecule has 0 bridgehead atoms. The van der Waals surface area contributed by atoms with E-state index < -0.39 is 0 Å². The highest BCUT2D eigenvalue weighted by molar-refractivity contribution is 6.05. The van der Waals surface area contributed by atoms with Crippen LogP contribution in [0.25, 0.3) is 11.0 Å². The number of para-hydroxylation sites is 1. The van der Waals surface area contributed by atoms with Gasteiger partial charge in [0, 0.05) is 5.39 Å². The number of aliphatic hydroxyl groups is 1. The zero-order valence-electron chi connectivity index (χ0n) is 9.64. The van der Waals surface area contributed by atoms with Crippen molar-refractivity contribution >= 4 is 16.9 Å². The van der Waals surface area contributed by atoms with Crippen molar-refractivity contribution in [2.45, 2.75) is 19.4 Å². The Morgan fingerprint density at radius 2 is 2.24 bits per heavy atom. The van der Waals surface area contributed by atoms with Crippen molar-refractivity contribution in [1.82, 2.24) is 5.32 Å². The van der Waals surface area contributed by atoms with Gasteiger partial charge < -0.3 is 14.8 Å². The van der Waals surface area contributed by atoms with Crippen LogP contribution in [0.2, 0.25) is 0 Å². The molecule has 0 spiro atoms.